The molecule has 0 bridgehead atoms. The maximum atomic E-state index is 12.6. The molecule has 0 aliphatic rings. The molecule has 23 heavy (non-hydrogen) atoms. The number of ether oxygens (including phenoxy) is 1. The van der Waals surface area contributed by atoms with Gasteiger partial charge in [-0.3, -0.25) is 0 Å². The van der Waals surface area contributed by atoms with Crippen LogP contribution in [-0.4, -0.2) is 11.6 Å². The second-order valence-corrected chi connectivity index (χ2v) is 5.25. The molecule has 3 rings (SSSR count). The third-order valence-corrected chi connectivity index (χ3v) is 3.62. The van der Waals surface area contributed by atoms with Crippen LogP contribution in [0.5, 0.6) is 5.75 Å². The molecule has 1 heterocycles. The maximum Gasteiger partial charge on any atom is 0.387 e. The largest absolute Gasteiger partial charge is 0.432 e. The van der Waals surface area contributed by atoms with Crippen molar-refractivity contribution in [1.29, 1.82) is 0 Å². The molecule has 0 radical (unpaired) electrons. The quantitative estimate of drug-likeness (QED) is 0.677. The van der Waals surface area contributed by atoms with E-state index in [2.05, 4.69) is 9.72 Å². The number of para-hydroxylation sites is 1. The minimum Gasteiger partial charge on any atom is -0.432 e. The van der Waals surface area contributed by atoms with E-state index in [1.807, 2.05) is 0 Å². The molecule has 2 aromatic carbocycles. The second kappa shape index (κ2) is 6.14. The predicted octanol–water partition coefficient (Wildman–Crippen LogP) is 4.76. The van der Waals surface area contributed by atoms with Gasteiger partial charge in [-0.1, -0.05) is 35.3 Å². The Morgan fingerprint density at radius 3 is 2.52 bits per heavy atom. The van der Waals surface area contributed by atoms with Crippen molar-refractivity contribution in [2.45, 2.75) is 6.61 Å². The number of hydrogen-bond acceptors (Lipinski definition) is 4. The minimum atomic E-state index is -3.09. The molecular weight excluding hydrogens is 351 g/mol. The SMILES string of the molecule is O=c1oc(-c2cccc(Cl)c2OC(F)F)nc2cccc(Cl)c12. The summed E-state index contributed by atoms with van der Waals surface area (Å²) < 4.78 is 34.7. The fraction of sp³-hybridized carbons (Fsp3) is 0.0667. The van der Waals surface area contributed by atoms with E-state index < -0.39 is 12.2 Å². The maximum absolute atomic E-state index is 12.6. The van der Waals surface area contributed by atoms with Crippen LogP contribution in [0.3, 0.4) is 0 Å². The third-order valence-electron chi connectivity index (χ3n) is 3.01. The van der Waals surface area contributed by atoms with Gasteiger partial charge in [0.05, 0.1) is 21.1 Å². The summed E-state index contributed by atoms with van der Waals surface area (Å²) in [5.74, 6) is -0.510. The van der Waals surface area contributed by atoms with Gasteiger partial charge in [-0.25, -0.2) is 9.78 Å². The van der Waals surface area contributed by atoms with Crippen LogP contribution in [0.4, 0.5) is 8.78 Å². The van der Waals surface area contributed by atoms with Crippen molar-refractivity contribution in [2.75, 3.05) is 0 Å². The molecule has 0 saturated heterocycles. The Kier molecular flexibility index (Phi) is 4.19. The van der Waals surface area contributed by atoms with E-state index in [4.69, 9.17) is 27.6 Å². The third kappa shape index (κ3) is 3.00. The first-order valence-electron chi connectivity index (χ1n) is 6.30. The fourth-order valence-corrected chi connectivity index (χ4v) is 2.55. The number of rotatable bonds is 3. The zero-order valence-corrected chi connectivity index (χ0v) is 12.7. The van der Waals surface area contributed by atoms with Crippen molar-refractivity contribution in [3.8, 4) is 17.2 Å². The number of nitrogens with zero attached hydrogens (tertiary/aromatic N) is 1. The lowest BCUT2D eigenvalue weighted by molar-refractivity contribution is -0.0494. The highest BCUT2D eigenvalue weighted by molar-refractivity contribution is 6.35. The molecule has 0 unspecified atom stereocenters. The van der Waals surface area contributed by atoms with E-state index >= 15 is 0 Å². The molecule has 0 amide bonds. The van der Waals surface area contributed by atoms with Crippen molar-refractivity contribution in [3.05, 3.63) is 56.9 Å². The highest BCUT2D eigenvalue weighted by atomic mass is 35.5. The summed E-state index contributed by atoms with van der Waals surface area (Å²) >= 11 is 11.8. The highest BCUT2D eigenvalue weighted by Gasteiger charge is 2.19. The predicted molar refractivity (Wildman–Crippen MR) is 82.4 cm³/mol. The topological polar surface area (TPSA) is 52.3 Å². The summed E-state index contributed by atoms with van der Waals surface area (Å²) in [6, 6.07) is 8.96. The molecule has 8 heteroatoms. The first-order valence-corrected chi connectivity index (χ1v) is 7.06. The Balaban J connectivity index is 2.26. The van der Waals surface area contributed by atoms with Crippen LogP contribution < -0.4 is 10.4 Å². The number of fused-ring (bicyclic) bond motifs is 1. The molecule has 0 atom stereocenters. The molecule has 1 aromatic heterocycles. The lowest BCUT2D eigenvalue weighted by Gasteiger charge is -2.11. The smallest absolute Gasteiger partial charge is 0.387 e. The van der Waals surface area contributed by atoms with Crippen LogP contribution in [0.2, 0.25) is 10.0 Å². The van der Waals surface area contributed by atoms with E-state index in [1.165, 1.54) is 24.3 Å². The number of benzene rings is 2. The van der Waals surface area contributed by atoms with E-state index in [9.17, 15) is 13.6 Å². The molecule has 3 aromatic rings. The van der Waals surface area contributed by atoms with Crippen LogP contribution >= 0.6 is 23.2 Å². The number of aromatic nitrogens is 1. The molecule has 0 aliphatic heterocycles. The first kappa shape index (κ1) is 15.7. The summed E-state index contributed by atoms with van der Waals surface area (Å²) in [4.78, 5) is 16.2. The first-order chi connectivity index (χ1) is 11.0. The Morgan fingerprint density at radius 1 is 1.09 bits per heavy atom. The van der Waals surface area contributed by atoms with Gasteiger partial charge < -0.3 is 9.15 Å². The zero-order valence-electron chi connectivity index (χ0n) is 11.2. The molecular formula is C15H7Cl2F2NO3. The van der Waals surface area contributed by atoms with Gasteiger partial charge in [-0.2, -0.15) is 8.78 Å². The number of halogens is 4. The average molecular weight is 358 g/mol. The molecule has 0 spiro atoms. The van der Waals surface area contributed by atoms with Crippen LogP contribution in [0, 0.1) is 0 Å². The van der Waals surface area contributed by atoms with Gasteiger partial charge in [0.25, 0.3) is 0 Å². The van der Waals surface area contributed by atoms with Crippen LogP contribution in [0.15, 0.2) is 45.6 Å². The monoisotopic (exact) mass is 357 g/mol. The van der Waals surface area contributed by atoms with Gasteiger partial charge in [-0.05, 0) is 24.3 Å². The zero-order chi connectivity index (χ0) is 16.6. The van der Waals surface area contributed by atoms with Crippen molar-refractivity contribution >= 4 is 34.1 Å². The van der Waals surface area contributed by atoms with Gasteiger partial charge in [-0.15, -0.1) is 0 Å². The van der Waals surface area contributed by atoms with Crippen LogP contribution in [0.1, 0.15) is 0 Å². The van der Waals surface area contributed by atoms with Crippen LogP contribution in [-0.2, 0) is 0 Å². The summed E-state index contributed by atoms with van der Waals surface area (Å²) in [6.45, 7) is -3.09. The molecule has 118 valence electrons. The van der Waals surface area contributed by atoms with Crippen molar-refractivity contribution in [3.63, 3.8) is 0 Å². The van der Waals surface area contributed by atoms with E-state index in [-0.39, 0.29) is 38.2 Å². The summed E-state index contributed by atoms with van der Waals surface area (Å²) in [5.41, 5.74) is -0.429. The molecule has 0 fully saturated rings. The van der Waals surface area contributed by atoms with Crippen molar-refractivity contribution in [2.24, 2.45) is 0 Å². The van der Waals surface area contributed by atoms with Gasteiger partial charge in [0.15, 0.2) is 5.75 Å². The van der Waals surface area contributed by atoms with Gasteiger partial charge in [0, 0.05) is 0 Å². The molecule has 4 nitrogen and oxygen atoms in total. The van der Waals surface area contributed by atoms with E-state index in [0.29, 0.717) is 0 Å². The number of alkyl halides is 2. The lowest BCUT2D eigenvalue weighted by Crippen LogP contribution is -2.07. The van der Waals surface area contributed by atoms with Gasteiger partial charge in [0.2, 0.25) is 5.89 Å². The van der Waals surface area contributed by atoms with Gasteiger partial charge in [0.1, 0.15) is 5.39 Å². The Hall–Kier alpha value is -2.18. The Morgan fingerprint density at radius 2 is 1.78 bits per heavy atom. The fourth-order valence-electron chi connectivity index (χ4n) is 2.08. The highest BCUT2D eigenvalue weighted by Crippen LogP contribution is 2.36. The molecule has 0 saturated carbocycles. The summed E-state index contributed by atoms with van der Waals surface area (Å²) in [7, 11) is 0. The standard InChI is InChI=1S/C15H7Cl2F2NO3/c16-8-4-2-6-10-11(8)14(21)23-13(20-10)7-3-1-5-9(17)12(7)22-15(18)19/h1-6,15H. The average Bonchev–Trinajstić information content (AvgIpc) is 2.48. The number of hydrogen-bond donors (Lipinski definition) is 0. The van der Waals surface area contributed by atoms with Gasteiger partial charge >= 0.3 is 12.2 Å². The molecule has 0 N–H and O–H groups in total. The van der Waals surface area contributed by atoms with Crippen molar-refractivity contribution in [1.82, 2.24) is 4.98 Å². The van der Waals surface area contributed by atoms with E-state index in [0.717, 1.165) is 0 Å². The normalized spacial score (nSPS) is 11.2. The van der Waals surface area contributed by atoms with Crippen molar-refractivity contribution < 1.29 is 17.9 Å². The minimum absolute atomic E-state index is 0.0387. The summed E-state index contributed by atoms with van der Waals surface area (Å²) in [5, 5.41) is 0.236. The van der Waals surface area contributed by atoms with E-state index in [1.54, 1.807) is 12.1 Å². The second-order valence-electron chi connectivity index (χ2n) is 4.44. The molecule has 0 aliphatic carbocycles. The Labute approximate surface area is 138 Å². The summed E-state index contributed by atoms with van der Waals surface area (Å²) in [6.07, 6.45) is 0. The van der Waals surface area contributed by atoms with Crippen LogP contribution in [0.25, 0.3) is 22.4 Å². The lowest BCUT2D eigenvalue weighted by atomic mass is 10.2. The Bertz CT molecular complexity index is 944.